The van der Waals surface area contributed by atoms with E-state index in [0.717, 1.165) is 94.8 Å². The summed E-state index contributed by atoms with van der Waals surface area (Å²) in [5.41, 5.74) is 7.85. The van der Waals surface area contributed by atoms with Gasteiger partial charge >= 0.3 is 0 Å². The first-order valence-electron chi connectivity index (χ1n) is 15.8. The van der Waals surface area contributed by atoms with Crippen LogP contribution >= 0.6 is 0 Å². The van der Waals surface area contributed by atoms with Gasteiger partial charge in [-0.05, 0) is 93.3 Å². The average Bonchev–Trinajstić information content (AvgIpc) is 3.88. The quantitative estimate of drug-likeness (QED) is 0.197. The summed E-state index contributed by atoms with van der Waals surface area (Å²) in [7, 11) is 0. The molecule has 0 atom stereocenters. The van der Waals surface area contributed by atoms with E-state index in [1.54, 1.807) is 12.4 Å². The van der Waals surface area contributed by atoms with E-state index < -0.39 is 0 Å². The number of nitrogens with zero attached hydrogens (tertiary/aromatic N) is 6. The normalized spacial score (nSPS) is 15.9. The zero-order valence-electron chi connectivity index (χ0n) is 25.1. The molecule has 0 saturated carbocycles. The molecule has 2 saturated heterocycles. The van der Waals surface area contributed by atoms with Crippen LogP contribution in [0.4, 0.5) is 4.39 Å². The van der Waals surface area contributed by atoms with Gasteiger partial charge in [0, 0.05) is 59.6 Å². The fourth-order valence-electron chi connectivity index (χ4n) is 6.70. The highest BCUT2D eigenvalue weighted by Crippen LogP contribution is 2.35. The van der Waals surface area contributed by atoms with Crippen LogP contribution < -0.4 is 4.74 Å². The standard InChI is InChI=1S/C35H35FN8O/c36-26-12-24(13-27(14-26)45-10-9-43-5-1-2-6-43)30-19-38-20-33-28(30)15-32(40-33)35-29-16-31(39-21-34(29)41-42-35)25-11-23(17-37-18-25)22-44-7-3-4-8-44/h11-21,40H,1-10,22H2,(H,41,42). The van der Waals surface area contributed by atoms with Gasteiger partial charge in [0.1, 0.15) is 23.9 Å². The van der Waals surface area contributed by atoms with Crippen molar-refractivity contribution in [3.8, 4) is 39.5 Å². The molecule has 0 amide bonds. The largest absolute Gasteiger partial charge is 0.492 e. The van der Waals surface area contributed by atoms with Crippen LogP contribution in [0.3, 0.4) is 0 Å². The van der Waals surface area contributed by atoms with Crippen molar-refractivity contribution in [1.82, 2.24) is 39.9 Å². The zero-order chi connectivity index (χ0) is 30.2. The number of ether oxygens (including phenoxy) is 1. The van der Waals surface area contributed by atoms with Crippen LogP contribution in [0.5, 0.6) is 5.75 Å². The smallest absolute Gasteiger partial charge is 0.127 e. The van der Waals surface area contributed by atoms with E-state index >= 15 is 0 Å². The highest BCUT2D eigenvalue weighted by atomic mass is 19.1. The lowest BCUT2D eigenvalue weighted by Crippen LogP contribution is -2.25. The molecule has 0 radical (unpaired) electrons. The molecule has 2 aliphatic rings. The first-order chi connectivity index (χ1) is 22.2. The molecule has 2 fully saturated rings. The van der Waals surface area contributed by atoms with Crippen molar-refractivity contribution in [2.75, 3.05) is 39.3 Å². The van der Waals surface area contributed by atoms with Gasteiger partial charge in [-0.25, -0.2) is 4.39 Å². The molecule has 1 aromatic carbocycles. The maximum Gasteiger partial charge on any atom is 0.127 e. The van der Waals surface area contributed by atoms with Crippen molar-refractivity contribution in [3.05, 3.63) is 78.8 Å². The monoisotopic (exact) mass is 602 g/mol. The minimum absolute atomic E-state index is 0.339. The van der Waals surface area contributed by atoms with E-state index in [1.165, 1.54) is 43.4 Å². The molecule has 228 valence electrons. The summed E-state index contributed by atoms with van der Waals surface area (Å²) < 4.78 is 20.8. The Morgan fingerprint density at radius 1 is 0.756 bits per heavy atom. The SMILES string of the molecule is Fc1cc(OCCN2CCCC2)cc(-c2cncc3[nH]c(-c4n[nH]c5cnc(-c6cncc(CN7CCCC7)c6)cc45)cc23)c1. The number of aromatic nitrogens is 6. The third kappa shape index (κ3) is 5.79. The summed E-state index contributed by atoms with van der Waals surface area (Å²) >= 11 is 0. The van der Waals surface area contributed by atoms with Crippen LogP contribution in [0.15, 0.2) is 67.4 Å². The van der Waals surface area contributed by atoms with Crippen LogP contribution in [0.1, 0.15) is 31.2 Å². The number of rotatable bonds is 9. The van der Waals surface area contributed by atoms with Crippen LogP contribution in [-0.2, 0) is 6.54 Å². The number of nitrogens with one attached hydrogen (secondary N) is 2. The number of fused-ring (bicyclic) bond motifs is 2. The fourth-order valence-corrected chi connectivity index (χ4v) is 6.70. The van der Waals surface area contributed by atoms with Crippen molar-refractivity contribution in [1.29, 1.82) is 0 Å². The molecule has 0 spiro atoms. The molecule has 9 nitrogen and oxygen atoms in total. The Balaban J connectivity index is 1.09. The molecule has 6 aromatic rings. The molecule has 5 aromatic heterocycles. The predicted molar refractivity (Wildman–Crippen MR) is 173 cm³/mol. The second-order valence-corrected chi connectivity index (χ2v) is 12.2. The molecular weight excluding hydrogens is 567 g/mol. The Hall–Kier alpha value is -4.67. The van der Waals surface area contributed by atoms with Crippen molar-refractivity contribution in [2.24, 2.45) is 0 Å². The number of likely N-dealkylation sites (tertiary alicyclic amines) is 2. The van der Waals surface area contributed by atoms with E-state index in [2.05, 4.69) is 53.1 Å². The lowest BCUT2D eigenvalue weighted by molar-refractivity contribution is 0.237. The number of hydrogen-bond donors (Lipinski definition) is 2. The predicted octanol–water partition coefficient (Wildman–Crippen LogP) is 6.44. The van der Waals surface area contributed by atoms with E-state index in [-0.39, 0.29) is 5.82 Å². The number of hydrogen-bond acceptors (Lipinski definition) is 7. The van der Waals surface area contributed by atoms with Crippen LogP contribution in [-0.4, -0.2) is 79.3 Å². The second-order valence-electron chi connectivity index (χ2n) is 12.2. The Morgan fingerprint density at radius 3 is 2.44 bits per heavy atom. The van der Waals surface area contributed by atoms with E-state index in [9.17, 15) is 4.39 Å². The molecule has 8 rings (SSSR count). The third-order valence-corrected chi connectivity index (χ3v) is 9.00. The molecule has 10 heteroatoms. The number of halogens is 1. The number of benzene rings is 1. The highest BCUT2D eigenvalue weighted by molar-refractivity contribution is 6.01. The molecule has 45 heavy (non-hydrogen) atoms. The van der Waals surface area contributed by atoms with Gasteiger partial charge in [0.05, 0.1) is 34.8 Å². The van der Waals surface area contributed by atoms with Gasteiger partial charge in [-0.1, -0.05) is 0 Å². The molecule has 0 aliphatic carbocycles. The molecule has 0 bridgehead atoms. The minimum atomic E-state index is -0.339. The minimum Gasteiger partial charge on any atom is -0.492 e. The summed E-state index contributed by atoms with van der Waals surface area (Å²) in [6.45, 7) is 6.77. The Labute approximate surface area is 260 Å². The summed E-state index contributed by atoms with van der Waals surface area (Å²) in [5.74, 6) is 0.183. The molecule has 0 unspecified atom stereocenters. The highest BCUT2D eigenvalue weighted by Gasteiger charge is 2.18. The van der Waals surface area contributed by atoms with Gasteiger partial charge in [0.2, 0.25) is 0 Å². The molecule has 2 aliphatic heterocycles. The first kappa shape index (κ1) is 27.8. The maximum absolute atomic E-state index is 14.8. The molecule has 2 N–H and O–H groups in total. The second kappa shape index (κ2) is 12.0. The van der Waals surface area contributed by atoms with E-state index in [4.69, 9.17) is 9.72 Å². The van der Waals surface area contributed by atoms with Gasteiger partial charge in [-0.15, -0.1) is 0 Å². The summed E-state index contributed by atoms with van der Waals surface area (Å²) in [6, 6.07) is 11.2. The van der Waals surface area contributed by atoms with E-state index in [0.29, 0.717) is 12.4 Å². The summed E-state index contributed by atoms with van der Waals surface area (Å²) in [6.07, 6.45) is 14.2. The topological polar surface area (TPSA) is 98.8 Å². The van der Waals surface area contributed by atoms with Crippen LogP contribution in [0, 0.1) is 5.82 Å². The van der Waals surface area contributed by atoms with E-state index in [1.807, 2.05) is 24.7 Å². The van der Waals surface area contributed by atoms with Gasteiger partial charge in [0.25, 0.3) is 0 Å². The number of H-pyrrole nitrogens is 2. The van der Waals surface area contributed by atoms with Gasteiger partial charge in [-0.3, -0.25) is 29.9 Å². The lowest BCUT2D eigenvalue weighted by atomic mass is 10.0. The van der Waals surface area contributed by atoms with Gasteiger partial charge < -0.3 is 9.72 Å². The fraction of sp³-hybridized carbons (Fsp3) is 0.314. The Morgan fingerprint density at radius 2 is 1.58 bits per heavy atom. The van der Waals surface area contributed by atoms with Gasteiger partial charge in [-0.2, -0.15) is 5.10 Å². The molecular formula is C35H35FN8O. The maximum atomic E-state index is 14.8. The Kier molecular flexibility index (Phi) is 7.44. The van der Waals surface area contributed by atoms with Crippen molar-refractivity contribution >= 4 is 21.8 Å². The number of pyridine rings is 3. The lowest BCUT2D eigenvalue weighted by Gasteiger charge is -2.15. The third-order valence-electron chi connectivity index (χ3n) is 9.00. The summed E-state index contributed by atoms with van der Waals surface area (Å²) in [4.78, 5) is 22.1. The zero-order valence-corrected chi connectivity index (χ0v) is 25.1. The van der Waals surface area contributed by atoms with Crippen LogP contribution in [0.25, 0.3) is 55.6 Å². The van der Waals surface area contributed by atoms with Crippen molar-refractivity contribution < 1.29 is 9.13 Å². The number of aromatic amines is 2. The van der Waals surface area contributed by atoms with Crippen molar-refractivity contribution in [2.45, 2.75) is 32.2 Å². The average molecular weight is 603 g/mol. The summed E-state index contributed by atoms with van der Waals surface area (Å²) in [5, 5.41) is 9.66. The first-order valence-corrected chi connectivity index (χ1v) is 15.8. The van der Waals surface area contributed by atoms with Crippen molar-refractivity contribution in [3.63, 3.8) is 0 Å². The molecule has 7 heterocycles. The van der Waals surface area contributed by atoms with Crippen LogP contribution in [0.2, 0.25) is 0 Å². The van der Waals surface area contributed by atoms with Gasteiger partial charge in [0.15, 0.2) is 0 Å². The Bertz CT molecular complexity index is 1970.